The summed E-state index contributed by atoms with van der Waals surface area (Å²) < 4.78 is 17.0. The molecule has 0 aromatic rings. The van der Waals surface area contributed by atoms with Crippen molar-refractivity contribution in [1.82, 2.24) is 0 Å². The van der Waals surface area contributed by atoms with E-state index in [4.69, 9.17) is 14.2 Å². The minimum Gasteiger partial charge on any atom is -0.327 e. The molecular formula is C12H18O3. The Morgan fingerprint density at radius 2 is 1.47 bits per heavy atom. The molecule has 0 radical (unpaired) electrons. The first-order chi connectivity index (χ1) is 7.28. The maximum Gasteiger partial charge on any atom is 0.282 e. The van der Waals surface area contributed by atoms with Crippen LogP contribution in [0, 0.1) is 11.8 Å². The van der Waals surface area contributed by atoms with E-state index < -0.39 is 5.97 Å². The molecule has 3 heteroatoms. The second-order valence-electron chi connectivity index (χ2n) is 4.15. The van der Waals surface area contributed by atoms with Gasteiger partial charge in [-0.3, -0.25) is 0 Å². The highest BCUT2D eigenvalue weighted by Gasteiger charge is 2.41. The van der Waals surface area contributed by atoms with Gasteiger partial charge in [-0.05, 0) is 6.42 Å². The molecule has 2 rings (SSSR count). The molecule has 3 nitrogen and oxygen atoms in total. The molecule has 2 heterocycles. The maximum absolute atomic E-state index is 5.65. The van der Waals surface area contributed by atoms with Crippen molar-refractivity contribution in [2.75, 3.05) is 19.8 Å². The molecule has 84 valence electrons. The van der Waals surface area contributed by atoms with Crippen LogP contribution in [0.15, 0.2) is 25.3 Å². The van der Waals surface area contributed by atoms with Crippen LogP contribution in [0.3, 0.4) is 0 Å². The highest BCUT2D eigenvalue weighted by Crippen LogP contribution is 2.34. The summed E-state index contributed by atoms with van der Waals surface area (Å²) in [5, 5.41) is 0. The van der Waals surface area contributed by atoms with Crippen molar-refractivity contribution in [3.63, 3.8) is 0 Å². The Balaban J connectivity index is 1.88. The van der Waals surface area contributed by atoms with E-state index in [9.17, 15) is 0 Å². The van der Waals surface area contributed by atoms with Gasteiger partial charge in [0.25, 0.3) is 5.97 Å². The van der Waals surface area contributed by atoms with Crippen LogP contribution in [0.1, 0.15) is 12.8 Å². The Morgan fingerprint density at radius 3 is 1.93 bits per heavy atom. The van der Waals surface area contributed by atoms with Crippen LogP contribution in [0.4, 0.5) is 0 Å². The predicted molar refractivity (Wildman–Crippen MR) is 57.2 cm³/mol. The number of rotatable bonds is 2. The van der Waals surface area contributed by atoms with Crippen LogP contribution in [0.25, 0.3) is 0 Å². The van der Waals surface area contributed by atoms with E-state index in [0.29, 0.717) is 25.7 Å². The smallest absolute Gasteiger partial charge is 0.282 e. The van der Waals surface area contributed by atoms with Gasteiger partial charge >= 0.3 is 0 Å². The molecule has 0 aromatic carbocycles. The first-order valence-electron chi connectivity index (χ1n) is 5.45. The summed E-state index contributed by atoms with van der Waals surface area (Å²) in [5.74, 6) is -0.0599. The SMILES string of the molecule is C=CC1CCC2(OC1)OCC(C=C)CO2. The van der Waals surface area contributed by atoms with Crippen molar-refractivity contribution in [2.24, 2.45) is 11.8 Å². The maximum atomic E-state index is 5.65. The first kappa shape index (κ1) is 10.9. The Hall–Kier alpha value is -0.640. The molecule has 1 unspecified atom stereocenters. The molecule has 2 saturated heterocycles. The van der Waals surface area contributed by atoms with Gasteiger partial charge in [0.2, 0.25) is 0 Å². The number of hydrogen-bond acceptors (Lipinski definition) is 3. The average molecular weight is 210 g/mol. The number of ether oxygens (including phenoxy) is 3. The quantitative estimate of drug-likeness (QED) is 0.653. The third-order valence-electron chi connectivity index (χ3n) is 3.04. The van der Waals surface area contributed by atoms with Gasteiger partial charge in [0, 0.05) is 18.3 Å². The van der Waals surface area contributed by atoms with Crippen molar-refractivity contribution < 1.29 is 14.2 Å². The summed E-state index contributed by atoms with van der Waals surface area (Å²) in [4.78, 5) is 0. The largest absolute Gasteiger partial charge is 0.327 e. The lowest BCUT2D eigenvalue weighted by molar-refractivity contribution is -0.419. The van der Waals surface area contributed by atoms with Crippen molar-refractivity contribution >= 4 is 0 Å². The van der Waals surface area contributed by atoms with Gasteiger partial charge in [0.05, 0.1) is 19.8 Å². The highest BCUT2D eigenvalue weighted by molar-refractivity contribution is 4.86. The fraction of sp³-hybridized carbons (Fsp3) is 0.667. The second-order valence-corrected chi connectivity index (χ2v) is 4.15. The van der Waals surface area contributed by atoms with E-state index in [1.807, 2.05) is 12.2 Å². The van der Waals surface area contributed by atoms with Crippen LogP contribution >= 0.6 is 0 Å². The Morgan fingerprint density at radius 1 is 0.933 bits per heavy atom. The average Bonchev–Trinajstić information content (AvgIpc) is 2.31. The molecule has 2 aliphatic rings. The fourth-order valence-corrected chi connectivity index (χ4v) is 1.86. The molecule has 1 atom stereocenters. The summed E-state index contributed by atoms with van der Waals surface area (Å²) in [6, 6.07) is 0. The molecule has 0 aliphatic carbocycles. The van der Waals surface area contributed by atoms with Gasteiger partial charge in [-0.15, -0.1) is 13.2 Å². The predicted octanol–water partition coefficient (Wildman–Crippen LogP) is 2.10. The minimum atomic E-state index is -0.779. The zero-order chi connectivity index (χ0) is 10.7. The highest BCUT2D eigenvalue weighted by atomic mass is 16.9. The summed E-state index contributed by atoms with van der Waals surface area (Å²) in [6.07, 6.45) is 5.60. The fourth-order valence-electron chi connectivity index (χ4n) is 1.86. The molecule has 2 aliphatic heterocycles. The second kappa shape index (κ2) is 4.47. The van der Waals surface area contributed by atoms with Crippen LogP contribution in [-0.4, -0.2) is 25.8 Å². The molecule has 2 fully saturated rings. The monoisotopic (exact) mass is 210 g/mol. The van der Waals surface area contributed by atoms with Gasteiger partial charge in [-0.25, -0.2) is 0 Å². The molecule has 0 aromatic heterocycles. The lowest BCUT2D eigenvalue weighted by atomic mass is 10.00. The van der Waals surface area contributed by atoms with Crippen LogP contribution in [0.2, 0.25) is 0 Å². The van der Waals surface area contributed by atoms with E-state index in [-0.39, 0.29) is 5.92 Å². The van der Waals surface area contributed by atoms with Crippen LogP contribution < -0.4 is 0 Å². The third-order valence-corrected chi connectivity index (χ3v) is 3.04. The molecule has 0 bridgehead atoms. The van der Waals surface area contributed by atoms with Crippen molar-refractivity contribution in [3.8, 4) is 0 Å². The first-order valence-corrected chi connectivity index (χ1v) is 5.45. The molecule has 0 amide bonds. The minimum absolute atomic E-state index is 0.288. The summed E-state index contributed by atoms with van der Waals surface area (Å²) in [7, 11) is 0. The van der Waals surface area contributed by atoms with Crippen molar-refractivity contribution in [1.29, 1.82) is 0 Å². The molecular weight excluding hydrogens is 192 g/mol. The number of hydrogen-bond donors (Lipinski definition) is 0. The van der Waals surface area contributed by atoms with E-state index in [1.54, 1.807) is 0 Å². The lowest BCUT2D eigenvalue weighted by Gasteiger charge is -2.42. The molecule has 15 heavy (non-hydrogen) atoms. The third kappa shape index (κ3) is 2.30. The molecule has 1 spiro atoms. The van der Waals surface area contributed by atoms with Crippen LogP contribution in [-0.2, 0) is 14.2 Å². The van der Waals surface area contributed by atoms with Crippen molar-refractivity contribution in [2.45, 2.75) is 18.8 Å². The zero-order valence-corrected chi connectivity index (χ0v) is 8.98. The van der Waals surface area contributed by atoms with Gasteiger partial charge in [0.15, 0.2) is 0 Å². The Kier molecular flexibility index (Phi) is 3.24. The summed E-state index contributed by atoms with van der Waals surface area (Å²) in [6.45, 7) is 9.42. The van der Waals surface area contributed by atoms with Gasteiger partial charge < -0.3 is 14.2 Å². The lowest BCUT2D eigenvalue weighted by Crippen LogP contribution is -2.49. The molecule has 0 saturated carbocycles. The summed E-state index contributed by atoms with van der Waals surface area (Å²) >= 11 is 0. The van der Waals surface area contributed by atoms with E-state index in [0.717, 1.165) is 12.8 Å². The van der Waals surface area contributed by atoms with Crippen molar-refractivity contribution in [3.05, 3.63) is 25.3 Å². The van der Waals surface area contributed by atoms with Gasteiger partial charge in [0.1, 0.15) is 0 Å². The summed E-state index contributed by atoms with van der Waals surface area (Å²) in [5.41, 5.74) is 0. The Bertz CT molecular complexity index is 204. The van der Waals surface area contributed by atoms with Crippen LogP contribution in [0.5, 0.6) is 0 Å². The van der Waals surface area contributed by atoms with Gasteiger partial charge in [-0.1, -0.05) is 12.2 Å². The van der Waals surface area contributed by atoms with E-state index in [2.05, 4.69) is 13.2 Å². The van der Waals surface area contributed by atoms with E-state index >= 15 is 0 Å². The molecule has 0 N–H and O–H groups in total. The zero-order valence-electron chi connectivity index (χ0n) is 8.98. The van der Waals surface area contributed by atoms with Gasteiger partial charge in [-0.2, -0.15) is 0 Å². The Labute approximate surface area is 90.7 Å². The van der Waals surface area contributed by atoms with E-state index in [1.165, 1.54) is 0 Å². The topological polar surface area (TPSA) is 27.7 Å². The standard InChI is InChI=1S/C12H18O3/c1-3-10-5-6-12(13-7-10)14-8-11(4-2)9-15-12/h3-4,10-11H,1-2,5-9H2. The normalized spacial score (nSPS) is 41.3.